The van der Waals surface area contributed by atoms with Crippen LogP contribution in [-0.2, 0) is 4.74 Å². The molecular formula is C26H35NO4. The van der Waals surface area contributed by atoms with Crippen LogP contribution in [0.5, 0.6) is 5.75 Å². The molecule has 0 aromatic heterocycles. The van der Waals surface area contributed by atoms with E-state index in [0.717, 1.165) is 37.0 Å². The number of nitrogens with zero attached hydrogens (tertiary/aromatic N) is 1. The van der Waals surface area contributed by atoms with Crippen molar-refractivity contribution in [3.8, 4) is 5.75 Å². The van der Waals surface area contributed by atoms with Crippen molar-refractivity contribution in [2.45, 2.75) is 49.7 Å². The van der Waals surface area contributed by atoms with E-state index in [1.54, 1.807) is 0 Å². The molecule has 1 saturated heterocycles. The molecule has 168 valence electrons. The van der Waals surface area contributed by atoms with Gasteiger partial charge in [-0.2, -0.15) is 0 Å². The maximum absolute atomic E-state index is 11.3. The molecule has 2 aliphatic rings. The van der Waals surface area contributed by atoms with Gasteiger partial charge in [0.1, 0.15) is 18.0 Å². The fourth-order valence-electron chi connectivity index (χ4n) is 4.94. The van der Waals surface area contributed by atoms with Crippen LogP contribution < -0.4 is 4.74 Å². The molecule has 1 atom stereocenters. The highest BCUT2D eigenvalue weighted by atomic mass is 16.5. The van der Waals surface area contributed by atoms with E-state index in [2.05, 4.69) is 29.2 Å². The van der Waals surface area contributed by atoms with Crippen LogP contribution in [-0.4, -0.2) is 65.8 Å². The average Bonchev–Trinajstić information content (AvgIpc) is 2.95. The van der Waals surface area contributed by atoms with E-state index >= 15 is 0 Å². The molecule has 0 unspecified atom stereocenters. The normalized spacial score (nSPS) is 30.0. The van der Waals surface area contributed by atoms with E-state index in [0.29, 0.717) is 32.2 Å². The van der Waals surface area contributed by atoms with Crippen LogP contribution in [0.1, 0.15) is 42.7 Å². The van der Waals surface area contributed by atoms with Gasteiger partial charge in [0.15, 0.2) is 0 Å². The van der Waals surface area contributed by atoms with Crippen LogP contribution in [0.25, 0.3) is 0 Å². The van der Waals surface area contributed by atoms with E-state index in [1.807, 2.05) is 37.3 Å². The van der Waals surface area contributed by atoms with E-state index in [9.17, 15) is 10.2 Å². The predicted molar refractivity (Wildman–Crippen MR) is 121 cm³/mol. The summed E-state index contributed by atoms with van der Waals surface area (Å²) in [6.07, 6.45) is 3.54. The molecule has 0 radical (unpaired) electrons. The maximum Gasteiger partial charge on any atom is 0.134 e. The van der Waals surface area contributed by atoms with Gasteiger partial charge in [-0.05, 0) is 55.7 Å². The first-order valence-corrected chi connectivity index (χ1v) is 11.4. The molecule has 2 aromatic rings. The fraction of sp³-hybridized carbons (Fsp3) is 0.538. The summed E-state index contributed by atoms with van der Waals surface area (Å²) in [7, 11) is 0. The smallest absolute Gasteiger partial charge is 0.134 e. The van der Waals surface area contributed by atoms with Crippen molar-refractivity contribution in [3.63, 3.8) is 0 Å². The lowest BCUT2D eigenvalue weighted by molar-refractivity contribution is -0.0767. The zero-order valence-corrected chi connectivity index (χ0v) is 18.5. The molecule has 1 heterocycles. The van der Waals surface area contributed by atoms with Crippen molar-refractivity contribution in [2.24, 2.45) is 0 Å². The van der Waals surface area contributed by atoms with Crippen molar-refractivity contribution in [2.75, 3.05) is 39.5 Å². The van der Waals surface area contributed by atoms with Gasteiger partial charge in [0.2, 0.25) is 0 Å². The van der Waals surface area contributed by atoms with E-state index in [4.69, 9.17) is 9.47 Å². The SMILES string of the molecule is Cc1ccccc1OC[C@@]1(O)COCCN(CC2(O)CCC(c3ccccc3)CC2)C1. The first-order valence-electron chi connectivity index (χ1n) is 11.4. The molecule has 1 aliphatic carbocycles. The Hall–Kier alpha value is -1.92. The Labute approximate surface area is 185 Å². The van der Waals surface area contributed by atoms with Gasteiger partial charge in [0, 0.05) is 19.6 Å². The third-order valence-electron chi connectivity index (χ3n) is 6.74. The van der Waals surface area contributed by atoms with Gasteiger partial charge in [-0.1, -0.05) is 48.5 Å². The number of hydrogen-bond acceptors (Lipinski definition) is 5. The summed E-state index contributed by atoms with van der Waals surface area (Å²) in [4.78, 5) is 2.15. The Morgan fingerprint density at radius 1 is 1.00 bits per heavy atom. The second-order valence-electron chi connectivity index (χ2n) is 9.45. The average molecular weight is 426 g/mol. The van der Waals surface area contributed by atoms with Crippen LogP contribution in [0.15, 0.2) is 54.6 Å². The molecule has 1 aliphatic heterocycles. The van der Waals surface area contributed by atoms with Crippen molar-refractivity contribution >= 4 is 0 Å². The molecule has 0 spiro atoms. The Morgan fingerprint density at radius 2 is 1.71 bits per heavy atom. The standard InChI is InChI=1S/C26H35NO4/c1-21-7-5-6-10-24(21)31-20-26(29)18-27(15-16-30-19-26)17-25(28)13-11-23(12-14-25)22-8-3-2-4-9-22/h2-10,23,28-29H,11-20H2,1H3/t23?,25?,26-/m0/s1. The number of aliphatic hydroxyl groups is 2. The zero-order chi connectivity index (χ0) is 21.7. The largest absolute Gasteiger partial charge is 0.490 e. The molecule has 2 aromatic carbocycles. The minimum atomic E-state index is -1.10. The molecule has 31 heavy (non-hydrogen) atoms. The highest BCUT2D eigenvalue weighted by Gasteiger charge is 2.39. The van der Waals surface area contributed by atoms with Crippen molar-refractivity contribution in [1.29, 1.82) is 0 Å². The molecule has 2 fully saturated rings. The monoisotopic (exact) mass is 425 g/mol. The topological polar surface area (TPSA) is 62.2 Å². The van der Waals surface area contributed by atoms with Gasteiger partial charge < -0.3 is 19.7 Å². The first-order chi connectivity index (χ1) is 14.9. The highest BCUT2D eigenvalue weighted by Crippen LogP contribution is 2.38. The minimum absolute atomic E-state index is 0.170. The summed E-state index contributed by atoms with van der Waals surface area (Å²) in [5, 5.41) is 22.5. The lowest BCUT2D eigenvalue weighted by atomic mass is 9.76. The van der Waals surface area contributed by atoms with E-state index in [-0.39, 0.29) is 13.2 Å². The lowest BCUT2D eigenvalue weighted by Gasteiger charge is -2.40. The Kier molecular flexibility index (Phi) is 6.97. The Morgan fingerprint density at radius 3 is 2.45 bits per heavy atom. The summed E-state index contributed by atoms with van der Waals surface area (Å²) in [5.74, 6) is 1.30. The number of ether oxygens (including phenoxy) is 2. The highest BCUT2D eigenvalue weighted by molar-refractivity contribution is 5.31. The van der Waals surface area contributed by atoms with Crippen LogP contribution in [0, 0.1) is 6.92 Å². The van der Waals surface area contributed by atoms with Gasteiger partial charge in [-0.15, -0.1) is 0 Å². The first kappa shape index (κ1) is 22.3. The summed E-state index contributed by atoms with van der Waals surface area (Å²) in [6, 6.07) is 18.4. The quantitative estimate of drug-likeness (QED) is 0.742. The molecular weight excluding hydrogens is 390 g/mol. The molecule has 4 rings (SSSR count). The third kappa shape index (κ3) is 5.86. The van der Waals surface area contributed by atoms with Gasteiger partial charge >= 0.3 is 0 Å². The molecule has 5 heteroatoms. The van der Waals surface area contributed by atoms with E-state index in [1.165, 1.54) is 5.56 Å². The lowest BCUT2D eigenvalue weighted by Crippen LogP contribution is -2.53. The maximum atomic E-state index is 11.3. The van der Waals surface area contributed by atoms with Crippen LogP contribution >= 0.6 is 0 Å². The van der Waals surface area contributed by atoms with Crippen LogP contribution in [0.4, 0.5) is 0 Å². The fourth-order valence-corrected chi connectivity index (χ4v) is 4.94. The van der Waals surface area contributed by atoms with Crippen molar-refractivity contribution in [1.82, 2.24) is 4.90 Å². The Balaban J connectivity index is 1.34. The summed E-state index contributed by atoms with van der Waals surface area (Å²) >= 11 is 0. The van der Waals surface area contributed by atoms with Gasteiger partial charge in [0.05, 0.1) is 18.8 Å². The number of para-hydroxylation sites is 1. The molecule has 5 nitrogen and oxygen atoms in total. The van der Waals surface area contributed by atoms with Gasteiger partial charge in [-0.3, -0.25) is 4.90 Å². The summed E-state index contributed by atoms with van der Waals surface area (Å²) < 4.78 is 11.6. The second kappa shape index (κ2) is 9.70. The predicted octanol–water partition coefficient (Wildman–Crippen LogP) is 3.53. The zero-order valence-electron chi connectivity index (χ0n) is 18.5. The molecule has 0 bridgehead atoms. The summed E-state index contributed by atoms with van der Waals surface area (Å²) in [5.41, 5.74) is 0.599. The second-order valence-corrected chi connectivity index (χ2v) is 9.45. The molecule has 0 amide bonds. The van der Waals surface area contributed by atoms with Gasteiger partial charge in [0.25, 0.3) is 0 Å². The van der Waals surface area contributed by atoms with Crippen molar-refractivity contribution < 1.29 is 19.7 Å². The minimum Gasteiger partial charge on any atom is -0.490 e. The van der Waals surface area contributed by atoms with E-state index < -0.39 is 11.2 Å². The number of rotatable bonds is 6. The third-order valence-corrected chi connectivity index (χ3v) is 6.74. The number of benzene rings is 2. The molecule has 2 N–H and O–H groups in total. The van der Waals surface area contributed by atoms with Crippen molar-refractivity contribution in [3.05, 3.63) is 65.7 Å². The molecule has 1 saturated carbocycles. The number of β-amino-alcohol motifs (C(OH)–C–C–N with tert-alkyl or cyclic N) is 2. The Bertz CT molecular complexity index is 834. The van der Waals surface area contributed by atoms with Crippen LogP contribution in [0.3, 0.4) is 0 Å². The number of aryl methyl sites for hydroxylation is 1. The summed E-state index contributed by atoms with van der Waals surface area (Å²) in [6.45, 7) is 4.66. The van der Waals surface area contributed by atoms with Gasteiger partial charge in [-0.25, -0.2) is 0 Å². The van der Waals surface area contributed by atoms with Crippen LogP contribution in [0.2, 0.25) is 0 Å². The number of hydrogen-bond donors (Lipinski definition) is 2.